The molecule has 2 aromatic rings. The Morgan fingerprint density at radius 1 is 1.04 bits per heavy atom. The molecule has 0 aliphatic rings. The Balaban J connectivity index is 1.80. The molecule has 1 aromatic carbocycles. The van der Waals surface area contributed by atoms with Crippen LogP contribution >= 0.6 is 11.3 Å². The van der Waals surface area contributed by atoms with E-state index in [1.54, 1.807) is 11.3 Å². The zero-order valence-corrected chi connectivity index (χ0v) is 17.2. The molecule has 0 atom stereocenters. The molecular weight excluding hydrogens is 358 g/mol. The van der Waals surface area contributed by atoms with Crippen molar-refractivity contribution in [3.05, 3.63) is 57.8 Å². The number of benzene rings is 1. The van der Waals surface area contributed by atoms with Gasteiger partial charge >= 0.3 is 0 Å². The van der Waals surface area contributed by atoms with E-state index in [9.17, 15) is 0 Å². The maximum Gasteiger partial charge on any atom is 0.191 e. The first-order chi connectivity index (χ1) is 13.3. The van der Waals surface area contributed by atoms with Crippen LogP contribution < -0.4 is 10.6 Å². The highest BCUT2D eigenvalue weighted by atomic mass is 32.1. The summed E-state index contributed by atoms with van der Waals surface area (Å²) in [5.74, 6) is 0.854. The van der Waals surface area contributed by atoms with Gasteiger partial charge in [0.25, 0.3) is 0 Å². The fourth-order valence-corrected chi connectivity index (χ4v) is 3.25. The monoisotopic (exact) mass is 389 g/mol. The van der Waals surface area contributed by atoms with Crippen molar-refractivity contribution in [3.63, 3.8) is 0 Å². The van der Waals surface area contributed by atoms with Gasteiger partial charge in [0, 0.05) is 24.6 Å². The molecule has 0 unspecified atom stereocenters. The number of thiophene rings is 1. The SMILES string of the molecule is CCNC(=NCc1cccc(COCCOCC)c1)NCCc1cccs1. The van der Waals surface area contributed by atoms with Crippen molar-refractivity contribution in [1.82, 2.24) is 10.6 Å². The number of ether oxygens (including phenoxy) is 2. The largest absolute Gasteiger partial charge is 0.379 e. The van der Waals surface area contributed by atoms with E-state index in [0.717, 1.165) is 37.6 Å². The van der Waals surface area contributed by atoms with E-state index in [1.165, 1.54) is 10.4 Å². The molecule has 0 radical (unpaired) electrons. The summed E-state index contributed by atoms with van der Waals surface area (Å²) in [6.45, 7) is 9.02. The quantitative estimate of drug-likeness (QED) is 0.331. The summed E-state index contributed by atoms with van der Waals surface area (Å²) in [5.41, 5.74) is 2.34. The Morgan fingerprint density at radius 3 is 2.67 bits per heavy atom. The molecular formula is C21H31N3O2S. The summed E-state index contributed by atoms with van der Waals surface area (Å²) in [5, 5.41) is 8.82. The second-order valence-corrected chi connectivity index (χ2v) is 7.05. The molecule has 0 amide bonds. The number of aliphatic imine (C=N–C) groups is 1. The molecule has 27 heavy (non-hydrogen) atoms. The molecule has 148 valence electrons. The van der Waals surface area contributed by atoms with Crippen LogP contribution in [-0.2, 0) is 29.0 Å². The van der Waals surface area contributed by atoms with E-state index in [4.69, 9.17) is 14.5 Å². The van der Waals surface area contributed by atoms with Gasteiger partial charge in [0.1, 0.15) is 0 Å². The summed E-state index contributed by atoms with van der Waals surface area (Å²) in [7, 11) is 0. The van der Waals surface area contributed by atoms with Gasteiger partial charge in [0.05, 0.1) is 26.4 Å². The van der Waals surface area contributed by atoms with Crippen molar-refractivity contribution in [3.8, 4) is 0 Å². The highest BCUT2D eigenvalue weighted by Crippen LogP contribution is 2.09. The first-order valence-electron chi connectivity index (χ1n) is 9.59. The zero-order valence-electron chi connectivity index (χ0n) is 16.4. The number of guanidine groups is 1. The lowest BCUT2D eigenvalue weighted by Gasteiger charge is -2.11. The van der Waals surface area contributed by atoms with Gasteiger partial charge in [-0.05, 0) is 42.8 Å². The Hall–Kier alpha value is -1.89. The topological polar surface area (TPSA) is 54.9 Å². The third-order valence-electron chi connectivity index (χ3n) is 3.84. The minimum absolute atomic E-state index is 0.601. The number of hydrogen-bond donors (Lipinski definition) is 2. The lowest BCUT2D eigenvalue weighted by Crippen LogP contribution is -2.38. The van der Waals surface area contributed by atoms with Gasteiger partial charge in [0.2, 0.25) is 0 Å². The highest BCUT2D eigenvalue weighted by Gasteiger charge is 2.00. The Bertz CT molecular complexity index is 659. The van der Waals surface area contributed by atoms with Gasteiger partial charge in [-0.1, -0.05) is 30.3 Å². The Labute approximate surface area is 166 Å². The standard InChI is InChI=1S/C21H31N3O2S/c1-3-22-21(23-11-10-20-9-6-14-27-20)24-16-18-7-5-8-19(15-18)17-26-13-12-25-4-2/h5-9,14-15H,3-4,10-13,16-17H2,1-2H3,(H2,22,23,24). The first-order valence-corrected chi connectivity index (χ1v) is 10.5. The van der Waals surface area contributed by atoms with E-state index < -0.39 is 0 Å². The Morgan fingerprint density at radius 2 is 1.89 bits per heavy atom. The second-order valence-electron chi connectivity index (χ2n) is 6.02. The predicted molar refractivity (Wildman–Crippen MR) is 113 cm³/mol. The number of hydrogen-bond acceptors (Lipinski definition) is 4. The van der Waals surface area contributed by atoms with Crippen molar-refractivity contribution >= 4 is 17.3 Å². The van der Waals surface area contributed by atoms with Gasteiger partial charge in [-0.3, -0.25) is 0 Å². The highest BCUT2D eigenvalue weighted by molar-refractivity contribution is 7.09. The third-order valence-corrected chi connectivity index (χ3v) is 4.78. The molecule has 0 aliphatic carbocycles. The lowest BCUT2D eigenvalue weighted by molar-refractivity contribution is 0.0453. The van der Waals surface area contributed by atoms with Crippen LogP contribution in [0.4, 0.5) is 0 Å². The summed E-state index contributed by atoms with van der Waals surface area (Å²) in [4.78, 5) is 6.09. The maximum absolute atomic E-state index is 5.64. The lowest BCUT2D eigenvalue weighted by atomic mass is 10.1. The normalized spacial score (nSPS) is 11.6. The molecule has 0 fully saturated rings. The van der Waals surface area contributed by atoms with Crippen LogP contribution in [0.15, 0.2) is 46.8 Å². The number of nitrogens with one attached hydrogen (secondary N) is 2. The predicted octanol–water partition coefficient (Wildman–Crippen LogP) is 3.60. The van der Waals surface area contributed by atoms with E-state index in [0.29, 0.717) is 26.4 Å². The van der Waals surface area contributed by atoms with Crippen LogP contribution in [-0.4, -0.2) is 38.9 Å². The fourth-order valence-electron chi connectivity index (χ4n) is 2.54. The summed E-state index contributed by atoms with van der Waals surface area (Å²) in [6.07, 6.45) is 1.01. The molecule has 0 aliphatic heterocycles. The van der Waals surface area contributed by atoms with Gasteiger partial charge in [-0.25, -0.2) is 4.99 Å². The average Bonchev–Trinajstić information content (AvgIpc) is 3.20. The van der Waals surface area contributed by atoms with Gasteiger partial charge in [-0.15, -0.1) is 11.3 Å². The van der Waals surface area contributed by atoms with Crippen LogP contribution in [0.3, 0.4) is 0 Å². The summed E-state index contributed by atoms with van der Waals surface area (Å²) < 4.78 is 10.9. The Kier molecular flexibility index (Phi) is 10.6. The molecule has 0 saturated heterocycles. The van der Waals surface area contributed by atoms with Gasteiger partial charge in [0.15, 0.2) is 5.96 Å². The van der Waals surface area contributed by atoms with Crippen molar-refractivity contribution in [2.24, 2.45) is 4.99 Å². The average molecular weight is 390 g/mol. The zero-order chi connectivity index (χ0) is 19.2. The van der Waals surface area contributed by atoms with E-state index in [1.807, 2.05) is 6.92 Å². The third kappa shape index (κ3) is 9.04. The first kappa shape index (κ1) is 21.4. The maximum atomic E-state index is 5.64. The van der Waals surface area contributed by atoms with Crippen molar-refractivity contribution in [1.29, 1.82) is 0 Å². The van der Waals surface area contributed by atoms with Crippen molar-refractivity contribution < 1.29 is 9.47 Å². The minimum Gasteiger partial charge on any atom is -0.379 e. The molecule has 0 saturated carbocycles. The van der Waals surface area contributed by atoms with Crippen LogP contribution in [0.1, 0.15) is 29.9 Å². The molecule has 0 spiro atoms. The number of rotatable bonds is 12. The summed E-state index contributed by atoms with van der Waals surface area (Å²) >= 11 is 1.79. The van der Waals surface area contributed by atoms with E-state index in [-0.39, 0.29) is 0 Å². The molecule has 0 bridgehead atoms. The minimum atomic E-state index is 0.601. The van der Waals surface area contributed by atoms with Crippen molar-refractivity contribution in [2.45, 2.75) is 33.4 Å². The van der Waals surface area contributed by atoms with Crippen LogP contribution in [0.2, 0.25) is 0 Å². The molecule has 1 heterocycles. The molecule has 2 rings (SSSR count). The second kappa shape index (κ2) is 13.3. The van der Waals surface area contributed by atoms with Crippen LogP contribution in [0.25, 0.3) is 0 Å². The van der Waals surface area contributed by atoms with Gasteiger partial charge < -0.3 is 20.1 Å². The van der Waals surface area contributed by atoms with E-state index in [2.05, 4.69) is 59.3 Å². The fraction of sp³-hybridized carbons (Fsp3) is 0.476. The van der Waals surface area contributed by atoms with Gasteiger partial charge in [-0.2, -0.15) is 0 Å². The summed E-state index contributed by atoms with van der Waals surface area (Å²) in [6, 6.07) is 12.6. The molecule has 2 N–H and O–H groups in total. The molecule has 1 aromatic heterocycles. The van der Waals surface area contributed by atoms with Crippen molar-refractivity contribution in [2.75, 3.05) is 32.9 Å². The molecule has 5 nitrogen and oxygen atoms in total. The number of nitrogens with zero attached hydrogens (tertiary/aromatic N) is 1. The van der Waals surface area contributed by atoms with Crippen LogP contribution in [0, 0.1) is 0 Å². The smallest absolute Gasteiger partial charge is 0.191 e. The molecule has 6 heteroatoms. The van der Waals surface area contributed by atoms with Crippen LogP contribution in [0.5, 0.6) is 0 Å². The van der Waals surface area contributed by atoms with E-state index >= 15 is 0 Å².